The minimum absolute atomic E-state index is 1.06. The zero-order valence-electron chi connectivity index (χ0n) is 14.8. The van der Waals surface area contributed by atoms with Gasteiger partial charge in [-0.05, 0) is 71.3 Å². The number of halogens is 1. The summed E-state index contributed by atoms with van der Waals surface area (Å²) in [5.41, 5.74) is 5.94. The van der Waals surface area contributed by atoms with Crippen molar-refractivity contribution in [1.29, 1.82) is 0 Å². The topological polar surface area (TPSA) is 0 Å². The van der Waals surface area contributed by atoms with Crippen LogP contribution >= 0.6 is 33.9 Å². The summed E-state index contributed by atoms with van der Waals surface area (Å²) in [5, 5.41) is 0. The fraction of sp³-hybridized carbons (Fsp3) is 0.333. The summed E-state index contributed by atoms with van der Waals surface area (Å²) in [6.45, 7) is 9.10. The summed E-state index contributed by atoms with van der Waals surface area (Å²) in [7, 11) is -1.35. The van der Waals surface area contributed by atoms with E-state index >= 15 is 0 Å². The maximum Gasteiger partial charge on any atom is 0.129 e. The van der Waals surface area contributed by atoms with Crippen molar-refractivity contribution >= 4 is 42.0 Å². The minimum atomic E-state index is -1.35. The second-order valence-corrected chi connectivity index (χ2v) is 13.9. The average Bonchev–Trinajstić information content (AvgIpc) is 2.92. The van der Waals surface area contributed by atoms with Crippen molar-refractivity contribution in [3.63, 3.8) is 0 Å². The van der Waals surface area contributed by atoms with Crippen LogP contribution in [-0.4, -0.2) is 8.07 Å². The summed E-state index contributed by atoms with van der Waals surface area (Å²) in [6, 6.07) is 10.6. The standard InChI is InChI=1S/C21H23ISSi/c1-5-6-7-18-16-20(23-21(18)14-15-24(2,3)4)13-10-17-8-11-19(22)12-9-17/h8-9,11-12,16H,5-7H2,1-4H3. The van der Waals surface area contributed by atoms with Crippen molar-refractivity contribution in [1.82, 2.24) is 0 Å². The largest absolute Gasteiger partial charge is 0.129 e. The van der Waals surface area contributed by atoms with E-state index in [1.54, 1.807) is 11.3 Å². The summed E-state index contributed by atoms with van der Waals surface area (Å²) in [5.74, 6) is 10.0. The van der Waals surface area contributed by atoms with Gasteiger partial charge in [0, 0.05) is 9.13 Å². The molecule has 1 aromatic heterocycles. The zero-order valence-corrected chi connectivity index (χ0v) is 18.8. The van der Waals surface area contributed by atoms with Gasteiger partial charge in [-0.15, -0.1) is 16.9 Å². The molecule has 1 aromatic carbocycles. The molecule has 0 unspecified atom stereocenters. The zero-order chi connectivity index (χ0) is 17.6. The smallest absolute Gasteiger partial charge is 0.126 e. The molecular weight excluding hydrogens is 439 g/mol. The quantitative estimate of drug-likeness (QED) is 0.284. The molecule has 0 amide bonds. The average molecular weight is 462 g/mol. The highest BCUT2D eigenvalue weighted by atomic mass is 127. The van der Waals surface area contributed by atoms with Crippen LogP contribution in [0.1, 0.15) is 40.6 Å². The highest BCUT2D eigenvalue weighted by Crippen LogP contribution is 2.23. The molecule has 2 rings (SSSR count). The lowest BCUT2D eigenvalue weighted by atomic mass is 10.1. The number of benzene rings is 1. The van der Waals surface area contributed by atoms with Crippen LogP contribution in [0.5, 0.6) is 0 Å². The third-order valence-corrected chi connectivity index (χ3v) is 5.94. The molecule has 0 N–H and O–H groups in total. The molecule has 0 aliphatic heterocycles. The SMILES string of the molecule is CCCCc1cc(C#Cc2ccc(I)cc2)sc1C#C[Si](C)(C)C. The van der Waals surface area contributed by atoms with E-state index in [1.165, 1.54) is 26.9 Å². The van der Waals surface area contributed by atoms with Gasteiger partial charge in [0.2, 0.25) is 0 Å². The summed E-state index contributed by atoms with van der Waals surface area (Å²) >= 11 is 4.06. The van der Waals surface area contributed by atoms with Gasteiger partial charge in [-0.25, -0.2) is 0 Å². The monoisotopic (exact) mass is 462 g/mol. The molecule has 0 bridgehead atoms. The van der Waals surface area contributed by atoms with E-state index in [0.717, 1.165) is 16.9 Å². The minimum Gasteiger partial charge on any atom is -0.126 e. The molecule has 0 atom stereocenters. The van der Waals surface area contributed by atoms with Crippen LogP contribution in [0, 0.1) is 26.9 Å². The highest BCUT2D eigenvalue weighted by molar-refractivity contribution is 14.1. The van der Waals surface area contributed by atoms with E-state index in [1.807, 2.05) is 0 Å². The van der Waals surface area contributed by atoms with Gasteiger partial charge in [-0.1, -0.05) is 50.7 Å². The first-order valence-electron chi connectivity index (χ1n) is 8.31. The molecule has 0 saturated heterocycles. The molecule has 0 radical (unpaired) electrons. The van der Waals surface area contributed by atoms with E-state index in [-0.39, 0.29) is 0 Å². The van der Waals surface area contributed by atoms with Gasteiger partial charge < -0.3 is 0 Å². The van der Waals surface area contributed by atoms with E-state index < -0.39 is 8.07 Å². The molecular formula is C21H23ISSi. The first-order valence-corrected chi connectivity index (χ1v) is 13.7. The molecule has 0 spiro atoms. The number of rotatable bonds is 3. The molecule has 0 aliphatic carbocycles. The summed E-state index contributed by atoms with van der Waals surface area (Å²) in [4.78, 5) is 2.34. The summed E-state index contributed by atoms with van der Waals surface area (Å²) < 4.78 is 1.24. The van der Waals surface area contributed by atoms with Crippen LogP contribution < -0.4 is 0 Å². The fourth-order valence-corrected chi connectivity index (χ4v) is 3.93. The fourth-order valence-electron chi connectivity index (χ4n) is 2.06. The van der Waals surface area contributed by atoms with E-state index in [9.17, 15) is 0 Å². The first-order chi connectivity index (χ1) is 11.4. The van der Waals surface area contributed by atoms with Gasteiger partial charge >= 0.3 is 0 Å². The van der Waals surface area contributed by atoms with Gasteiger partial charge in [-0.3, -0.25) is 0 Å². The van der Waals surface area contributed by atoms with Crippen LogP contribution in [0.3, 0.4) is 0 Å². The van der Waals surface area contributed by atoms with Crippen molar-refractivity contribution in [2.45, 2.75) is 45.8 Å². The molecule has 0 nitrogen and oxygen atoms in total. The Labute approximate surface area is 165 Å². The van der Waals surface area contributed by atoms with Crippen molar-refractivity contribution < 1.29 is 0 Å². The van der Waals surface area contributed by atoms with E-state index in [0.29, 0.717) is 0 Å². The second-order valence-electron chi connectivity index (χ2n) is 6.83. The van der Waals surface area contributed by atoms with Gasteiger partial charge in [-0.2, -0.15) is 0 Å². The summed E-state index contributed by atoms with van der Waals surface area (Å²) in [6.07, 6.45) is 3.52. The second kappa shape index (κ2) is 8.90. The molecule has 1 heterocycles. The van der Waals surface area contributed by atoms with Crippen LogP contribution in [0.2, 0.25) is 19.6 Å². The molecule has 2 aromatic rings. The predicted octanol–water partition coefficient (Wildman–Crippen LogP) is 6.32. The van der Waals surface area contributed by atoms with Crippen molar-refractivity contribution in [2.24, 2.45) is 0 Å². The third kappa shape index (κ3) is 6.47. The van der Waals surface area contributed by atoms with Gasteiger partial charge in [0.05, 0.1) is 9.75 Å². The van der Waals surface area contributed by atoms with Crippen molar-refractivity contribution in [3.8, 4) is 23.3 Å². The third-order valence-electron chi connectivity index (χ3n) is 3.33. The molecule has 124 valence electrons. The number of thiophene rings is 1. The number of hydrogen-bond donors (Lipinski definition) is 0. The number of hydrogen-bond acceptors (Lipinski definition) is 1. The Balaban J connectivity index is 2.29. The maximum absolute atomic E-state index is 3.50. The van der Waals surface area contributed by atoms with E-state index in [4.69, 9.17) is 0 Å². The number of unbranched alkanes of at least 4 members (excludes halogenated alkanes) is 1. The first kappa shape index (κ1) is 19.3. The van der Waals surface area contributed by atoms with Crippen molar-refractivity contribution in [2.75, 3.05) is 0 Å². The lowest BCUT2D eigenvalue weighted by Crippen LogP contribution is -2.16. The molecule has 0 fully saturated rings. The Kier molecular flexibility index (Phi) is 7.16. The van der Waals surface area contributed by atoms with Crippen LogP contribution in [0.25, 0.3) is 0 Å². The highest BCUT2D eigenvalue weighted by Gasteiger charge is 2.10. The van der Waals surface area contributed by atoms with Crippen LogP contribution in [-0.2, 0) is 6.42 Å². The Hall–Kier alpha value is -1.01. The normalized spacial score (nSPS) is 10.5. The van der Waals surface area contributed by atoms with Crippen molar-refractivity contribution in [3.05, 3.63) is 54.8 Å². The lowest BCUT2D eigenvalue weighted by molar-refractivity contribution is 0.796. The maximum atomic E-state index is 3.50. The van der Waals surface area contributed by atoms with Crippen LogP contribution in [0.4, 0.5) is 0 Å². The Morgan fingerprint density at radius 1 is 1.04 bits per heavy atom. The Morgan fingerprint density at radius 3 is 2.38 bits per heavy atom. The number of aryl methyl sites for hydroxylation is 1. The Bertz CT molecular complexity index is 802. The van der Waals surface area contributed by atoms with E-state index in [2.05, 4.69) is 103 Å². The molecule has 24 heavy (non-hydrogen) atoms. The predicted molar refractivity (Wildman–Crippen MR) is 118 cm³/mol. The Morgan fingerprint density at radius 2 is 1.75 bits per heavy atom. The van der Waals surface area contributed by atoms with Gasteiger partial charge in [0.1, 0.15) is 8.07 Å². The molecule has 0 aliphatic rings. The van der Waals surface area contributed by atoms with Crippen LogP contribution in [0.15, 0.2) is 30.3 Å². The lowest BCUT2D eigenvalue weighted by Gasteiger charge is -2.03. The van der Waals surface area contributed by atoms with Gasteiger partial charge in [0.25, 0.3) is 0 Å². The molecule has 3 heteroatoms. The molecule has 0 saturated carbocycles. The van der Waals surface area contributed by atoms with Gasteiger partial charge in [0.15, 0.2) is 0 Å².